The van der Waals surface area contributed by atoms with Gasteiger partial charge in [0.15, 0.2) is 0 Å². The largest absolute Gasteiger partial charge is 0.295 e. The lowest BCUT2D eigenvalue weighted by Crippen LogP contribution is -2.28. The molecular weight excluding hydrogens is 276 g/mol. The van der Waals surface area contributed by atoms with Crippen molar-refractivity contribution in [2.45, 2.75) is 39.7 Å². The van der Waals surface area contributed by atoms with Crippen LogP contribution in [0.25, 0.3) is 0 Å². The van der Waals surface area contributed by atoms with Gasteiger partial charge in [-0.15, -0.1) is 11.3 Å². The van der Waals surface area contributed by atoms with E-state index in [4.69, 9.17) is 0 Å². The van der Waals surface area contributed by atoms with Crippen molar-refractivity contribution in [2.75, 3.05) is 24.6 Å². The highest BCUT2D eigenvalue weighted by Gasteiger charge is 2.21. The summed E-state index contributed by atoms with van der Waals surface area (Å²) in [5.41, 5.74) is 0.184. The molecule has 1 aromatic rings. The van der Waals surface area contributed by atoms with E-state index in [1.54, 1.807) is 0 Å². The number of hydrogen-bond donors (Lipinski definition) is 0. The number of rotatable bonds is 2. The fourth-order valence-electron chi connectivity index (χ4n) is 2.28. The number of aromatic nitrogens is 1. The summed E-state index contributed by atoms with van der Waals surface area (Å²) < 4.78 is 11.7. The van der Waals surface area contributed by atoms with Crippen LogP contribution in [0.3, 0.4) is 0 Å². The highest BCUT2D eigenvalue weighted by atomic mass is 32.2. The van der Waals surface area contributed by atoms with Gasteiger partial charge in [0.25, 0.3) is 0 Å². The minimum absolute atomic E-state index is 0.184. The molecule has 0 N–H and O–H groups in total. The maximum absolute atomic E-state index is 11.7. The van der Waals surface area contributed by atoms with Crippen molar-refractivity contribution in [1.82, 2.24) is 9.88 Å². The smallest absolute Gasteiger partial charge is 0.107 e. The maximum atomic E-state index is 11.7. The molecule has 2 atom stereocenters. The van der Waals surface area contributed by atoms with E-state index in [9.17, 15) is 4.21 Å². The van der Waals surface area contributed by atoms with Crippen molar-refractivity contribution >= 4 is 22.1 Å². The first-order valence-corrected chi connectivity index (χ1v) is 9.17. The maximum Gasteiger partial charge on any atom is 0.107 e. The molecule has 1 aliphatic heterocycles. The summed E-state index contributed by atoms with van der Waals surface area (Å²) in [5.74, 6) is 2.18. The SMILES string of the molecule is C[C@H]1CN(Cc2ncc(C(C)(C)C)s2)CC[S@@](=O)C1. The van der Waals surface area contributed by atoms with Crippen molar-refractivity contribution in [3.8, 4) is 0 Å². The van der Waals surface area contributed by atoms with Crippen LogP contribution in [0.5, 0.6) is 0 Å². The van der Waals surface area contributed by atoms with Crippen LogP contribution < -0.4 is 0 Å². The zero-order chi connectivity index (χ0) is 14.0. The second kappa shape index (κ2) is 6.02. The summed E-state index contributed by atoms with van der Waals surface area (Å²) >= 11 is 1.81. The first-order valence-electron chi connectivity index (χ1n) is 6.87. The minimum atomic E-state index is -0.634. The summed E-state index contributed by atoms with van der Waals surface area (Å²) in [7, 11) is -0.634. The topological polar surface area (TPSA) is 33.2 Å². The molecule has 0 unspecified atom stereocenters. The molecule has 0 spiro atoms. The Labute approximate surface area is 122 Å². The van der Waals surface area contributed by atoms with Crippen LogP contribution in [0.2, 0.25) is 0 Å². The third-order valence-corrected chi connectivity index (χ3v) is 6.31. The second-order valence-corrected chi connectivity index (χ2v) is 9.26. The lowest BCUT2D eigenvalue weighted by atomic mass is 9.96. The number of nitrogens with zero attached hydrogens (tertiary/aromatic N) is 2. The third kappa shape index (κ3) is 4.36. The molecule has 1 saturated heterocycles. The summed E-state index contributed by atoms with van der Waals surface area (Å²) in [6, 6.07) is 0. The molecule has 5 heteroatoms. The van der Waals surface area contributed by atoms with E-state index in [1.807, 2.05) is 17.5 Å². The van der Waals surface area contributed by atoms with Crippen LogP contribution in [0.4, 0.5) is 0 Å². The fourth-order valence-corrected chi connectivity index (χ4v) is 4.67. The Hall–Kier alpha value is -0.260. The minimum Gasteiger partial charge on any atom is -0.295 e. The molecule has 0 bridgehead atoms. The molecule has 0 aromatic carbocycles. The molecule has 3 nitrogen and oxygen atoms in total. The summed E-state index contributed by atoms with van der Waals surface area (Å²) in [5, 5.41) is 1.19. The van der Waals surface area contributed by atoms with E-state index in [2.05, 4.69) is 37.6 Å². The van der Waals surface area contributed by atoms with Crippen LogP contribution in [-0.4, -0.2) is 38.7 Å². The van der Waals surface area contributed by atoms with Gasteiger partial charge < -0.3 is 0 Å². The predicted molar refractivity (Wildman–Crippen MR) is 83.1 cm³/mol. The quantitative estimate of drug-likeness (QED) is 0.842. The summed E-state index contributed by atoms with van der Waals surface area (Å²) in [6.45, 7) is 11.7. The van der Waals surface area contributed by atoms with Gasteiger partial charge in [-0.05, 0) is 11.3 Å². The van der Waals surface area contributed by atoms with Crippen LogP contribution in [0.15, 0.2) is 6.20 Å². The molecule has 2 rings (SSSR count). The molecule has 1 fully saturated rings. The van der Waals surface area contributed by atoms with Crippen LogP contribution >= 0.6 is 11.3 Å². The van der Waals surface area contributed by atoms with Crippen LogP contribution in [-0.2, 0) is 22.8 Å². The van der Waals surface area contributed by atoms with E-state index in [1.165, 1.54) is 9.88 Å². The predicted octanol–water partition coefficient (Wildman–Crippen LogP) is 2.64. The van der Waals surface area contributed by atoms with E-state index < -0.39 is 10.8 Å². The molecule has 0 saturated carbocycles. The second-order valence-electron chi connectivity index (χ2n) is 6.52. The lowest BCUT2D eigenvalue weighted by Gasteiger charge is -2.20. The fraction of sp³-hybridized carbons (Fsp3) is 0.786. The van der Waals surface area contributed by atoms with Crippen LogP contribution in [0, 0.1) is 5.92 Å². The van der Waals surface area contributed by atoms with Gasteiger partial charge in [-0.3, -0.25) is 9.11 Å². The Morgan fingerprint density at radius 3 is 2.89 bits per heavy atom. The van der Waals surface area contributed by atoms with Gasteiger partial charge in [-0.25, -0.2) is 4.98 Å². The monoisotopic (exact) mass is 300 g/mol. The van der Waals surface area contributed by atoms with Crippen LogP contribution in [0.1, 0.15) is 37.6 Å². The Morgan fingerprint density at radius 1 is 1.53 bits per heavy atom. The van der Waals surface area contributed by atoms with Crippen molar-refractivity contribution in [3.05, 3.63) is 16.1 Å². The Bertz CT molecular complexity index is 451. The molecule has 1 aliphatic rings. The average molecular weight is 300 g/mol. The van der Waals surface area contributed by atoms with Gasteiger partial charge >= 0.3 is 0 Å². The highest BCUT2D eigenvalue weighted by Crippen LogP contribution is 2.28. The lowest BCUT2D eigenvalue weighted by molar-refractivity contribution is 0.256. The molecule has 108 valence electrons. The summed E-state index contributed by atoms with van der Waals surface area (Å²) in [6.07, 6.45) is 2.01. The van der Waals surface area contributed by atoms with Gasteiger partial charge in [-0.1, -0.05) is 27.7 Å². The van der Waals surface area contributed by atoms with Gasteiger partial charge in [0.2, 0.25) is 0 Å². The van der Waals surface area contributed by atoms with Gasteiger partial charge in [0.1, 0.15) is 5.01 Å². The zero-order valence-electron chi connectivity index (χ0n) is 12.3. The Balaban J connectivity index is 2.00. The normalized spacial score (nSPS) is 26.3. The Morgan fingerprint density at radius 2 is 2.26 bits per heavy atom. The number of hydrogen-bond acceptors (Lipinski definition) is 4. The molecular formula is C14H24N2OS2. The van der Waals surface area contributed by atoms with Crippen molar-refractivity contribution in [3.63, 3.8) is 0 Å². The van der Waals surface area contributed by atoms with E-state index in [0.717, 1.165) is 31.1 Å². The molecule has 1 aromatic heterocycles. The van der Waals surface area contributed by atoms with Gasteiger partial charge in [0.05, 0.1) is 6.54 Å². The highest BCUT2D eigenvalue weighted by molar-refractivity contribution is 7.85. The summed E-state index contributed by atoms with van der Waals surface area (Å²) in [4.78, 5) is 8.30. The van der Waals surface area contributed by atoms with Crippen molar-refractivity contribution in [2.24, 2.45) is 5.92 Å². The third-order valence-electron chi connectivity index (χ3n) is 3.33. The van der Waals surface area contributed by atoms with E-state index in [0.29, 0.717) is 5.92 Å². The van der Waals surface area contributed by atoms with Gasteiger partial charge in [0, 0.05) is 46.5 Å². The van der Waals surface area contributed by atoms with E-state index in [-0.39, 0.29) is 5.41 Å². The number of thiazole rings is 1. The van der Waals surface area contributed by atoms with E-state index >= 15 is 0 Å². The average Bonchev–Trinajstić information content (AvgIpc) is 2.67. The zero-order valence-corrected chi connectivity index (χ0v) is 13.9. The molecule has 0 aliphatic carbocycles. The molecule has 2 heterocycles. The molecule has 0 radical (unpaired) electrons. The van der Waals surface area contributed by atoms with Crippen molar-refractivity contribution < 1.29 is 4.21 Å². The van der Waals surface area contributed by atoms with Crippen molar-refractivity contribution in [1.29, 1.82) is 0 Å². The van der Waals surface area contributed by atoms with Gasteiger partial charge in [-0.2, -0.15) is 0 Å². The first-order chi connectivity index (χ1) is 8.84. The first kappa shape index (κ1) is 15.1. The molecule has 19 heavy (non-hydrogen) atoms. The molecule has 0 amide bonds. The Kier molecular flexibility index (Phi) is 4.79. The standard InChI is InChI=1S/C14H24N2OS2/c1-11-8-16(5-6-19(17)10-11)9-13-15-7-12(18-13)14(2,3)4/h7,11H,5-6,8-10H2,1-4H3/t11-,19+/m0/s1.